The smallest absolute Gasteiger partial charge is 0.140 e. The van der Waals surface area contributed by atoms with Crippen LogP contribution in [0.1, 0.15) is 10.7 Å². The molecule has 0 radical (unpaired) electrons. The van der Waals surface area contributed by atoms with Crippen LogP contribution in [-0.2, 0) is 12.5 Å². The molecular formula is C15H12ClNOS. The van der Waals surface area contributed by atoms with Gasteiger partial charge in [-0.3, -0.25) is 0 Å². The Morgan fingerprint density at radius 1 is 1.11 bits per heavy atom. The molecule has 0 unspecified atom stereocenters. The maximum atomic E-state index is 5.76. The van der Waals surface area contributed by atoms with E-state index in [4.69, 9.17) is 16.3 Å². The van der Waals surface area contributed by atoms with Gasteiger partial charge in [-0.15, -0.1) is 22.9 Å². The molecule has 0 spiro atoms. The van der Waals surface area contributed by atoms with Crippen LogP contribution in [0, 0.1) is 0 Å². The Bertz CT molecular complexity index is 695. The molecule has 0 fully saturated rings. The van der Waals surface area contributed by atoms with Crippen LogP contribution in [0.2, 0.25) is 0 Å². The van der Waals surface area contributed by atoms with Crippen LogP contribution in [0.3, 0.4) is 0 Å². The molecule has 4 heteroatoms. The molecule has 0 saturated carbocycles. The average Bonchev–Trinajstić information content (AvgIpc) is 2.93. The largest absolute Gasteiger partial charge is 0.486 e. The van der Waals surface area contributed by atoms with E-state index >= 15 is 0 Å². The number of fused-ring (bicyclic) bond motifs is 1. The van der Waals surface area contributed by atoms with Gasteiger partial charge in [0.15, 0.2) is 0 Å². The average molecular weight is 290 g/mol. The van der Waals surface area contributed by atoms with E-state index in [0.29, 0.717) is 12.5 Å². The van der Waals surface area contributed by atoms with Crippen molar-refractivity contribution < 1.29 is 4.74 Å². The van der Waals surface area contributed by atoms with Crippen molar-refractivity contribution in [2.24, 2.45) is 0 Å². The number of alkyl halides is 1. The van der Waals surface area contributed by atoms with Crippen molar-refractivity contribution in [2.75, 3.05) is 0 Å². The Morgan fingerprint density at radius 2 is 1.95 bits per heavy atom. The van der Waals surface area contributed by atoms with Crippen LogP contribution in [0.25, 0.3) is 10.8 Å². The predicted molar refractivity (Wildman–Crippen MR) is 80.0 cm³/mol. The van der Waals surface area contributed by atoms with Crippen molar-refractivity contribution in [3.63, 3.8) is 0 Å². The van der Waals surface area contributed by atoms with E-state index in [0.717, 1.165) is 16.5 Å². The van der Waals surface area contributed by atoms with E-state index in [9.17, 15) is 0 Å². The van der Waals surface area contributed by atoms with E-state index in [1.54, 1.807) is 11.3 Å². The van der Waals surface area contributed by atoms with E-state index in [1.165, 1.54) is 10.8 Å². The third-order valence-electron chi connectivity index (χ3n) is 2.82. The van der Waals surface area contributed by atoms with Gasteiger partial charge in [0.25, 0.3) is 0 Å². The minimum atomic E-state index is 0.451. The van der Waals surface area contributed by atoms with Gasteiger partial charge >= 0.3 is 0 Å². The number of halogens is 1. The zero-order chi connectivity index (χ0) is 13.1. The molecule has 19 heavy (non-hydrogen) atoms. The number of benzene rings is 2. The Hall–Kier alpha value is -1.58. The number of hydrogen-bond donors (Lipinski definition) is 0. The Kier molecular flexibility index (Phi) is 3.67. The number of thiazole rings is 1. The molecule has 0 atom stereocenters. The number of aromatic nitrogens is 1. The van der Waals surface area contributed by atoms with E-state index in [2.05, 4.69) is 23.2 Å². The molecule has 0 aliphatic carbocycles. The highest BCUT2D eigenvalue weighted by Gasteiger charge is 2.03. The van der Waals surface area contributed by atoms with E-state index in [-0.39, 0.29) is 0 Å². The molecule has 0 bridgehead atoms. The molecular weight excluding hydrogens is 278 g/mol. The van der Waals surface area contributed by atoms with Crippen LogP contribution >= 0.6 is 22.9 Å². The second-order valence-electron chi connectivity index (χ2n) is 4.16. The van der Waals surface area contributed by atoms with Crippen molar-refractivity contribution in [1.29, 1.82) is 0 Å². The number of nitrogens with zero attached hydrogens (tertiary/aromatic N) is 1. The zero-order valence-corrected chi connectivity index (χ0v) is 11.7. The third-order valence-corrected chi connectivity index (χ3v) is 3.96. The minimum absolute atomic E-state index is 0.451. The molecule has 3 rings (SSSR count). The Morgan fingerprint density at radius 3 is 2.74 bits per heavy atom. The predicted octanol–water partition coefficient (Wildman–Crippen LogP) is 4.61. The first-order chi connectivity index (χ1) is 9.35. The van der Waals surface area contributed by atoms with Gasteiger partial charge < -0.3 is 4.74 Å². The monoisotopic (exact) mass is 289 g/mol. The third kappa shape index (κ3) is 2.88. The van der Waals surface area contributed by atoms with Gasteiger partial charge in [-0.05, 0) is 22.9 Å². The fourth-order valence-corrected chi connectivity index (χ4v) is 2.81. The second kappa shape index (κ2) is 5.59. The summed E-state index contributed by atoms with van der Waals surface area (Å²) in [5.74, 6) is 1.31. The van der Waals surface area contributed by atoms with Crippen molar-refractivity contribution in [1.82, 2.24) is 4.98 Å². The highest BCUT2D eigenvalue weighted by atomic mass is 35.5. The molecule has 2 nitrogen and oxygen atoms in total. The van der Waals surface area contributed by atoms with Crippen LogP contribution in [0.15, 0.2) is 47.8 Å². The van der Waals surface area contributed by atoms with Gasteiger partial charge in [-0.25, -0.2) is 4.98 Å². The lowest BCUT2D eigenvalue weighted by Crippen LogP contribution is -1.95. The number of hydrogen-bond acceptors (Lipinski definition) is 3. The molecule has 1 aromatic heterocycles. The molecule has 3 aromatic rings. The minimum Gasteiger partial charge on any atom is -0.486 e. The normalized spacial score (nSPS) is 10.8. The first kappa shape index (κ1) is 12.5. The Balaban J connectivity index is 1.74. The van der Waals surface area contributed by atoms with Crippen molar-refractivity contribution in [3.8, 4) is 5.75 Å². The maximum absolute atomic E-state index is 5.76. The number of ether oxygens (including phenoxy) is 1. The molecule has 0 aliphatic rings. The van der Waals surface area contributed by atoms with Crippen molar-refractivity contribution in [2.45, 2.75) is 12.5 Å². The molecule has 0 aliphatic heterocycles. The maximum Gasteiger partial charge on any atom is 0.140 e. The summed E-state index contributed by atoms with van der Waals surface area (Å²) in [6.07, 6.45) is 0. The van der Waals surface area contributed by atoms with Gasteiger partial charge in [-0.1, -0.05) is 30.3 Å². The van der Waals surface area contributed by atoms with Gasteiger partial charge in [0.05, 0.1) is 11.6 Å². The summed E-state index contributed by atoms with van der Waals surface area (Å²) < 4.78 is 5.76. The summed E-state index contributed by atoms with van der Waals surface area (Å²) in [6, 6.07) is 14.3. The standard InChI is InChI=1S/C15H12ClNOS/c16-8-13-10-19-15(17-13)9-18-14-6-5-11-3-1-2-4-12(11)7-14/h1-7,10H,8-9H2. The fraction of sp³-hybridized carbons (Fsp3) is 0.133. The summed E-state index contributed by atoms with van der Waals surface area (Å²) in [5, 5.41) is 5.31. The highest BCUT2D eigenvalue weighted by molar-refractivity contribution is 7.09. The zero-order valence-electron chi connectivity index (χ0n) is 10.2. The first-order valence-electron chi connectivity index (χ1n) is 5.96. The van der Waals surface area contributed by atoms with E-state index < -0.39 is 0 Å². The van der Waals surface area contributed by atoms with Gasteiger partial charge in [-0.2, -0.15) is 0 Å². The van der Waals surface area contributed by atoms with Crippen LogP contribution in [0.4, 0.5) is 0 Å². The van der Waals surface area contributed by atoms with Crippen LogP contribution in [0.5, 0.6) is 5.75 Å². The summed E-state index contributed by atoms with van der Waals surface area (Å²) in [4.78, 5) is 4.37. The van der Waals surface area contributed by atoms with Crippen LogP contribution < -0.4 is 4.74 Å². The van der Waals surface area contributed by atoms with Crippen molar-refractivity contribution >= 4 is 33.7 Å². The van der Waals surface area contributed by atoms with Gasteiger partial charge in [0, 0.05) is 5.38 Å². The van der Waals surface area contributed by atoms with Crippen LogP contribution in [-0.4, -0.2) is 4.98 Å². The first-order valence-corrected chi connectivity index (χ1v) is 7.37. The Labute approximate surface area is 120 Å². The lowest BCUT2D eigenvalue weighted by atomic mass is 10.1. The topological polar surface area (TPSA) is 22.1 Å². The quantitative estimate of drug-likeness (QED) is 0.654. The highest BCUT2D eigenvalue weighted by Crippen LogP contribution is 2.22. The summed E-state index contributed by atoms with van der Waals surface area (Å²) >= 11 is 7.30. The molecule has 1 heterocycles. The fourth-order valence-electron chi connectivity index (χ4n) is 1.88. The van der Waals surface area contributed by atoms with Crippen molar-refractivity contribution in [3.05, 3.63) is 58.5 Å². The summed E-state index contributed by atoms with van der Waals surface area (Å²) in [6.45, 7) is 0.486. The van der Waals surface area contributed by atoms with Gasteiger partial charge in [0.1, 0.15) is 17.4 Å². The molecule has 0 amide bonds. The summed E-state index contributed by atoms with van der Waals surface area (Å²) in [7, 11) is 0. The van der Waals surface area contributed by atoms with E-state index in [1.807, 2.05) is 29.6 Å². The second-order valence-corrected chi connectivity index (χ2v) is 5.37. The lowest BCUT2D eigenvalue weighted by molar-refractivity contribution is 0.306. The lowest BCUT2D eigenvalue weighted by Gasteiger charge is -2.05. The molecule has 0 N–H and O–H groups in total. The molecule has 96 valence electrons. The molecule has 0 saturated heterocycles. The van der Waals surface area contributed by atoms with Gasteiger partial charge in [0.2, 0.25) is 0 Å². The number of rotatable bonds is 4. The summed E-state index contributed by atoms with van der Waals surface area (Å²) in [5.41, 5.74) is 0.906. The SMILES string of the molecule is ClCc1csc(COc2ccc3ccccc3c2)n1. The molecule has 2 aromatic carbocycles.